The molecule has 4 rings (SSSR count). The fraction of sp³-hybridized carbons (Fsp3) is 0.952. The van der Waals surface area contributed by atoms with Crippen molar-refractivity contribution >= 4 is 5.78 Å². The van der Waals surface area contributed by atoms with Gasteiger partial charge in [-0.3, -0.25) is 4.79 Å². The molecule has 0 heterocycles. The van der Waals surface area contributed by atoms with Crippen LogP contribution in [0.3, 0.4) is 0 Å². The Labute approximate surface area is 136 Å². The number of hydrogen-bond acceptors (Lipinski definition) is 1. The Bertz CT molecular complexity index is 390. The van der Waals surface area contributed by atoms with Gasteiger partial charge in [0.2, 0.25) is 0 Å². The molecule has 0 aromatic carbocycles. The Morgan fingerprint density at radius 3 is 1.55 bits per heavy atom. The maximum absolute atomic E-state index is 12.6. The van der Waals surface area contributed by atoms with Crippen molar-refractivity contribution in [2.24, 2.45) is 47.3 Å². The van der Waals surface area contributed by atoms with E-state index in [1.54, 1.807) is 0 Å². The van der Waals surface area contributed by atoms with Gasteiger partial charge >= 0.3 is 0 Å². The number of carbonyl (C=O) groups is 1. The second-order valence-electron chi connectivity index (χ2n) is 9.58. The highest BCUT2D eigenvalue weighted by Gasteiger charge is 2.43. The standard InChI is InChI=1S/C21H34O/c1-13(20-11-15-3-5-17(20)9-15)7-19(22)8-14(2)21-12-16-4-6-18(21)10-16/h13-18,20-21H,3-12H2,1-2H3. The highest BCUT2D eigenvalue weighted by Crippen LogP contribution is 2.53. The SMILES string of the molecule is CC(CC(=O)CC(C)C1CC2CCC1C2)C1CC2CCC1C2. The first-order chi connectivity index (χ1) is 10.6. The zero-order valence-electron chi connectivity index (χ0n) is 14.6. The predicted octanol–water partition coefficient (Wildman–Crippen LogP) is 5.48. The van der Waals surface area contributed by atoms with Gasteiger partial charge in [0.05, 0.1) is 0 Å². The summed E-state index contributed by atoms with van der Waals surface area (Å²) in [7, 11) is 0. The van der Waals surface area contributed by atoms with E-state index in [4.69, 9.17) is 0 Å². The minimum absolute atomic E-state index is 0.575. The summed E-state index contributed by atoms with van der Waals surface area (Å²) in [5, 5.41) is 0. The Kier molecular flexibility index (Phi) is 4.11. The van der Waals surface area contributed by atoms with Crippen LogP contribution in [-0.2, 0) is 4.79 Å². The second kappa shape index (κ2) is 5.95. The van der Waals surface area contributed by atoms with Gasteiger partial charge in [0.15, 0.2) is 0 Å². The lowest BCUT2D eigenvalue weighted by Crippen LogP contribution is -2.24. The Hall–Kier alpha value is -0.330. The molecule has 4 fully saturated rings. The van der Waals surface area contributed by atoms with Crippen LogP contribution in [-0.4, -0.2) is 5.78 Å². The van der Waals surface area contributed by atoms with E-state index < -0.39 is 0 Å². The normalized spacial score (nSPS) is 45.4. The molecule has 0 N–H and O–H groups in total. The largest absolute Gasteiger partial charge is 0.300 e. The van der Waals surface area contributed by atoms with Crippen LogP contribution in [0.5, 0.6) is 0 Å². The van der Waals surface area contributed by atoms with Crippen molar-refractivity contribution in [3.63, 3.8) is 0 Å². The molecule has 1 nitrogen and oxygen atoms in total. The molecule has 0 radical (unpaired) electrons. The fourth-order valence-electron chi connectivity index (χ4n) is 7.09. The van der Waals surface area contributed by atoms with Crippen molar-refractivity contribution in [3.05, 3.63) is 0 Å². The molecule has 1 heteroatoms. The summed E-state index contributed by atoms with van der Waals surface area (Å²) in [6.45, 7) is 4.73. The van der Waals surface area contributed by atoms with E-state index in [-0.39, 0.29) is 0 Å². The molecule has 0 saturated heterocycles. The third-order valence-corrected chi connectivity index (χ3v) is 8.15. The summed E-state index contributed by atoms with van der Waals surface area (Å²) in [6.07, 6.45) is 13.4. The highest BCUT2D eigenvalue weighted by atomic mass is 16.1. The van der Waals surface area contributed by atoms with Gasteiger partial charge in [0.1, 0.15) is 5.78 Å². The van der Waals surface area contributed by atoms with Crippen molar-refractivity contribution < 1.29 is 4.79 Å². The van der Waals surface area contributed by atoms with Crippen LogP contribution in [0.4, 0.5) is 0 Å². The lowest BCUT2D eigenvalue weighted by molar-refractivity contribution is -0.121. The number of Topliss-reactive ketones (excluding diaryl/α,β-unsaturated/α-hetero) is 1. The van der Waals surface area contributed by atoms with Crippen LogP contribution < -0.4 is 0 Å². The van der Waals surface area contributed by atoms with Crippen molar-refractivity contribution in [2.75, 3.05) is 0 Å². The molecule has 8 atom stereocenters. The highest BCUT2D eigenvalue weighted by molar-refractivity contribution is 5.78. The van der Waals surface area contributed by atoms with Crippen molar-refractivity contribution in [3.8, 4) is 0 Å². The van der Waals surface area contributed by atoms with Crippen LogP contribution in [0, 0.1) is 47.3 Å². The molecule has 4 bridgehead atoms. The quantitative estimate of drug-likeness (QED) is 0.635. The minimum atomic E-state index is 0.575. The number of ketones is 1. The van der Waals surface area contributed by atoms with Gasteiger partial charge < -0.3 is 0 Å². The topological polar surface area (TPSA) is 17.1 Å². The van der Waals surface area contributed by atoms with E-state index >= 15 is 0 Å². The first-order valence-electron chi connectivity index (χ1n) is 10.1. The van der Waals surface area contributed by atoms with E-state index in [9.17, 15) is 4.79 Å². The lowest BCUT2D eigenvalue weighted by atomic mass is 9.75. The van der Waals surface area contributed by atoms with Crippen LogP contribution in [0.25, 0.3) is 0 Å². The summed E-state index contributed by atoms with van der Waals surface area (Å²) in [5.41, 5.74) is 0. The number of carbonyl (C=O) groups excluding carboxylic acids is 1. The van der Waals surface area contributed by atoms with Crippen molar-refractivity contribution in [1.82, 2.24) is 0 Å². The Morgan fingerprint density at radius 1 is 0.773 bits per heavy atom. The molecular formula is C21H34O. The van der Waals surface area contributed by atoms with Gasteiger partial charge in [0, 0.05) is 12.8 Å². The maximum atomic E-state index is 12.6. The van der Waals surface area contributed by atoms with E-state index in [1.807, 2.05) is 0 Å². The van der Waals surface area contributed by atoms with Crippen LogP contribution in [0.15, 0.2) is 0 Å². The third-order valence-electron chi connectivity index (χ3n) is 8.15. The van der Waals surface area contributed by atoms with E-state index in [0.29, 0.717) is 17.6 Å². The number of fused-ring (bicyclic) bond motifs is 4. The van der Waals surface area contributed by atoms with E-state index in [0.717, 1.165) is 48.3 Å². The van der Waals surface area contributed by atoms with Crippen LogP contribution in [0.1, 0.15) is 78.1 Å². The molecule has 0 aromatic heterocycles. The van der Waals surface area contributed by atoms with Gasteiger partial charge in [-0.1, -0.05) is 26.7 Å². The second-order valence-corrected chi connectivity index (χ2v) is 9.58. The molecule has 0 amide bonds. The molecule has 0 aliphatic heterocycles. The molecule has 124 valence electrons. The van der Waals surface area contributed by atoms with E-state index in [1.165, 1.54) is 51.4 Å². The van der Waals surface area contributed by atoms with E-state index in [2.05, 4.69) is 13.8 Å². The molecule has 0 spiro atoms. The summed E-state index contributed by atoms with van der Waals surface area (Å²) in [4.78, 5) is 12.6. The average Bonchev–Trinajstić information content (AvgIpc) is 3.26. The van der Waals surface area contributed by atoms with Crippen LogP contribution >= 0.6 is 0 Å². The molecule has 4 saturated carbocycles. The van der Waals surface area contributed by atoms with Gasteiger partial charge in [-0.05, 0) is 85.9 Å². The first-order valence-corrected chi connectivity index (χ1v) is 10.1. The number of hydrogen-bond donors (Lipinski definition) is 0. The molecule has 4 aliphatic carbocycles. The molecule has 8 unspecified atom stereocenters. The molecule has 4 aliphatic rings. The zero-order valence-corrected chi connectivity index (χ0v) is 14.6. The Balaban J connectivity index is 1.26. The van der Waals surface area contributed by atoms with Gasteiger partial charge in [0.25, 0.3) is 0 Å². The maximum Gasteiger partial charge on any atom is 0.133 e. The van der Waals surface area contributed by atoms with Crippen molar-refractivity contribution in [2.45, 2.75) is 78.1 Å². The van der Waals surface area contributed by atoms with Crippen LogP contribution in [0.2, 0.25) is 0 Å². The number of rotatable bonds is 6. The fourth-order valence-corrected chi connectivity index (χ4v) is 7.09. The van der Waals surface area contributed by atoms with Crippen molar-refractivity contribution in [1.29, 1.82) is 0 Å². The summed E-state index contributed by atoms with van der Waals surface area (Å²) in [5.74, 6) is 7.59. The Morgan fingerprint density at radius 2 is 1.23 bits per heavy atom. The first kappa shape index (κ1) is 15.2. The van der Waals surface area contributed by atoms with Gasteiger partial charge in [-0.15, -0.1) is 0 Å². The van der Waals surface area contributed by atoms with Gasteiger partial charge in [-0.25, -0.2) is 0 Å². The van der Waals surface area contributed by atoms with Gasteiger partial charge in [-0.2, -0.15) is 0 Å². The average molecular weight is 303 g/mol. The summed E-state index contributed by atoms with van der Waals surface area (Å²) >= 11 is 0. The third kappa shape index (κ3) is 2.78. The molecular weight excluding hydrogens is 268 g/mol. The monoisotopic (exact) mass is 302 g/mol. The zero-order chi connectivity index (χ0) is 15.3. The summed E-state index contributed by atoms with van der Waals surface area (Å²) < 4.78 is 0. The summed E-state index contributed by atoms with van der Waals surface area (Å²) in [6, 6.07) is 0. The molecule has 0 aromatic rings. The lowest BCUT2D eigenvalue weighted by Gasteiger charge is -2.29. The minimum Gasteiger partial charge on any atom is -0.300 e. The molecule has 22 heavy (non-hydrogen) atoms. The smallest absolute Gasteiger partial charge is 0.133 e. The predicted molar refractivity (Wildman–Crippen MR) is 90.4 cm³/mol.